The number of ether oxygens (including phenoxy) is 1. The minimum absolute atomic E-state index is 0.0257. The van der Waals surface area contributed by atoms with Crippen molar-refractivity contribution in [1.29, 1.82) is 0 Å². The Hall–Kier alpha value is -4.66. The smallest absolute Gasteiger partial charge is 0.422 e. The zero-order valence-corrected chi connectivity index (χ0v) is 28.6. The molecule has 0 saturated heterocycles. The van der Waals surface area contributed by atoms with Crippen molar-refractivity contribution in [2.24, 2.45) is 0 Å². The first-order valence-electron chi connectivity index (χ1n) is 16.5. The van der Waals surface area contributed by atoms with Gasteiger partial charge in [0.25, 0.3) is 5.91 Å². The van der Waals surface area contributed by atoms with Crippen molar-refractivity contribution >= 4 is 46.9 Å². The highest BCUT2D eigenvalue weighted by molar-refractivity contribution is 6.35. The van der Waals surface area contributed by atoms with Crippen molar-refractivity contribution in [3.05, 3.63) is 64.7 Å². The van der Waals surface area contributed by atoms with Crippen LogP contribution in [0.3, 0.4) is 0 Å². The second kappa shape index (κ2) is 15.9. The summed E-state index contributed by atoms with van der Waals surface area (Å²) in [4.78, 5) is 53.3. The number of hydrogen-bond acceptors (Lipinski definition) is 9. The molecule has 0 aliphatic heterocycles. The van der Waals surface area contributed by atoms with Gasteiger partial charge >= 0.3 is 24.0 Å². The second-order valence-corrected chi connectivity index (χ2v) is 13.1. The summed E-state index contributed by atoms with van der Waals surface area (Å²) in [6, 6.07) is 13.2. The van der Waals surface area contributed by atoms with Crippen molar-refractivity contribution in [3.63, 3.8) is 0 Å². The number of likely N-dealkylation sites (N-methyl/N-ethyl adjacent to an activating group) is 1. The Balaban J connectivity index is 1.17. The number of carbonyl (C=O) groups is 3. The lowest BCUT2D eigenvalue weighted by Crippen LogP contribution is -2.46. The summed E-state index contributed by atoms with van der Waals surface area (Å²) in [6.45, 7) is -0.930. The number of nitrogens with zero attached hydrogens (tertiary/aromatic N) is 5. The molecule has 5 rings (SSSR count). The molecule has 268 valence electrons. The predicted molar refractivity (Wildman–Crippen MR) is 181 cm³/mol. The highest BCUT2D eigenvalue weighted by Crippen LogP contribution is 2.48. The zero-order valence-electron chi connectivity index (χ0n) is 27.9. The number of nitrogens with one attached hydrogen (secondary N) is 3. The molecule has 3 N–H and O–H groups in total. The number of anilines is 3. The first-order chi connectivity index (χ1) is 23.8. The molecule has 2 fully saturated rings. The van der Waals surface area contributed by atoms with E-state index in [4.69, 9.17) is 16.3 Å². The third-order valence-electron chi connectivity index (χ3n) is 8.68. The zero-order chi connectivity index (χ0) is 35.9. The van der Waals surface area contributed by atoms with E-state index in [1.165, 1.54) is 9.80 Å². The van der Waals surface area contributed by atoms with Gasteiger partial charge in [0.1, 0.15) is 0 Å². The average molecular weight is 717 g/mol. The van der Waals surface area contributed by atoms with Gasteiger partial charge in [0.2, 0.25) is 11.9 Å². The largest absolute Gasteiger partial charge is 0.454 e. The fraction of sp³-hybridized carbons (Fsp3) is 0.471. The molecule has 12 nitrogen and oxygen atoms in total. The summed E-state index contributed by atoms with van der Waals surface area (Å²) >= 11 is 6.03. The van der Waals surface area contributed by atoms with E-state index < -0.39 is 36.1 Å². The fourth-order valence-corrected chi connectivity index (χ4v) is 5.86. The molecule has 1 aromatic heterocycles. The Morgan fingerprint density at radius 2 is 1.54 bits per heavy atom. The van der Waals surface area contributed by atoms with Crippen LogP contribution in [0.1, 0.15) is 67.3 Å². The van der Waals surface area contributed by atoms with Crippen molar-refractivity contribution in [1.82, 2.24) is 30.1 Å². The lowest BCUT2D eigenvalue weighted by molar-refractivity contribution is -0.154. The summed E-state index contributed by atoms with van der Waals surface area (Å²) in [5, 5.41) is 9.57. The molecule has 2 aliphatic carbocycles. The van der Waals surface area contributed by atoms with Crippen LogP contribution in [0.2, 0.25) is 5.02 Å². The Morgan fingerprint density at radius 3 is 2.18 bits per heavy atom. The Bertz CT molecular complexity index is 1650. The van der Waals surface area contributed by atoms with Crippen LogP contribution in [0.4, 0.5) is 30.8 Å². The van der Waals surface area contributed by atoms with Gasteiger partial charge in [0.05, 0.1) is 5.54 Å². The van der Waals surface area contributed by atoms with Crippen molar-refractivity contribution in [3.8, 4) is 6.01 Å². The number of benzene rings is 2. The van der Waals surface area contributed by atoms with E-state index >= 15 is 0 Å². The van der Waals surface area contributed by atoms with Gasteiger partial charge in [-0.3, -0.25) is 14.4 Å². The van der Waals surface area contributed by atoms with Crippen LogP contribution < -0.4 is 20.7 Å². The van der Waals surface area contributed by atoms with E-state index in [0.29, 0.717) is 35.8 Å². The Kier molecular flexibility index (Phi) is 11.7. The van der Waals surface area contributed by atoms with Crippen LogP contribution in [0.5, 0.6) is 6.01 Å². The number of halogens is 4. The van der Waals surface area contributed by atoms with E-state index in [-0.39, 0.29) is 23.8 Å². The summed E-state index contributed by atoms with van der Waals surface area (Å²) in [5.41, 5.74) is 1.28. The molecule has 50 heavy (non-hydrogen) atoms. The van der Waals surface area contributed by atoms with E-state index in [0.717, 1.165) is 50.5 Å². The first kappa shape index (κ1) is 36.6. The van der Waals surface area contributed by atoms with E-state index in [2.05, 4.69) is 30.9 Å². The monoisotopic (exact) mass is 716 g/mol. The summed E-state index contributed by atoms with van der Waals surface area (Å²) in [5.74, 6) is -1.49. The lowest BCUT2D eigenvalue weighted by atomic mass is 9.95. The molecule has 0 unspecified atom stereocenters. The quantitative estimate of drug-likeness (QED) is 0.191. The standard InChI is InChI=1S/C34H40ClF3N8O4/c1-45(19-6-20-46(2)29(49)27(47)39-25-7-4-3-5-8-25)28(48)22-9-15-26(16-10-22)40-30-41-31(43-32(42-30)50-21-34(36,37)38)44-33(17-18-33)23-11-13-24(35)14-12-23/h9-16,25H,3-8,17-21H2,1-2H3,(H,39,47)(H2,40,41,42,43,44). The van der Waals surface area contributed by atoms with Gasteiger partial charge in [0, 0.05) is 49.5 Å². The molecule has 1 heterocycles. The maximum atomic E-state index is 13.1. The Morgan fingerprint density at radius 1 is 0.900 bits per heavy atom. The maximum absolute atomic E-state index is 13.1. The normalized spacial score (nSPS) is 15.5. The molecule has 0 atom stereocenters. The van der Waals surface area contributed by atoms with E-state index in [9.17, 15) is 27.6 Å². The van der Waals surface area contributed by atoms with Gasteiger partial charge in [-0.1, -0.05) is 43.0 Å². The molecule has 3 amide bonds. The van der Waals surface area contributed by atoms with Crippen LogP contribution in [0, 0.1) is 0 Å². The summed E-state index contributed by atoms with van der Waals surface area (Å²) < 4.78 is 43.6. The van der Waals surface area contributed by atoms with Gasteiger partial charge in [-0.15, -0.1) is 0 Å². The predicted octanol–water partition coefficient (Wildman–Crippen LogP) is 5.68. The van der Waals surface area contributed by atoms with E-state index in [1.54, 1.807) is 50.5 Å². The third-order valence-corrected chi connectivity index (χ3v) is 8.93. The van der Waals surface area contributed by atoms with Crippen LogP contribution >= 0.6 is 11.6 Å². The fourth-order valence-electron chi connectivity index (χ4n) is 5.73. The number of rotatable bonds is 13. The molecule has 2 aromatic carbocycles. The molecule has 2 saturated carbocycles. The molecule has 0 spiro atoms. The maximum Gasteiger partial charge on any atom is 0.422 e. The highest BCUT2D eigenvalue weighted by Gasteiger charge is 2.45. The average Bonchev–Trinajstić information content (AvgIpc) is 3.87. The van der Waals surface area contributed by atoms with Crippen molar-refractivity contribution < 1.29 is 32.3 Å². The molecular formula is C34H40ClF3N8O4. The number of hydrogen-bond donors (Lipinski definition) is 3. The molecule has 3 aromatic rings. The number of aromatic nitrogens is 3. The van der Waals surface area contributed by atoms with Crippen LogP contribution in [-0.4, -0.2) is 88.5 Å². The topological polar surface area (TPSA) is 142 Å². The molecule has 2 aliphatic rings. The first-order valence-corrected chi connectivity index (χ1v) is 16.9. The molecular weight excluding hydrogens is 677 g/mol. The van der Waals surface area contributed by atoms with Crippen LogP contribution in [0.25, 0.3) is 0 Å². The number of amides is 3. The van der Waals surface area contributed by atoms with Crippen LogP contribution in [-0.2, 0) is 15.1 Å². The van der Waals surface area contributed by atoms with Crippen molar-refractivity contribution in [2.45, 2.75) is 69.1 Å². The number of alkyl halides is 3. The molecule has 0 bridgehead atoms. The van der Waals surface area contributed by atoms with Crippen molar-refractivity contribution in [2.75, 3.05) is 44.4 Å². The third kappa shape index (κ3) is 10.2. The second-order valence-electron chi connectivity index (χ2n) is 12.7. The summed E-state index contributed by atoms with van der Waals surface area (Å²) in [7, 11) is 3.21. The Labute approximate surface area is 293 Å². The van der Waals surface area contributed by atoms with Crippen LogP contribution in [0.15, 0.2) is 48.5 Å². The summed E-state index contributed by atoms with van der Waals surface area (Å²) in [6.07, 6.45) is 2.38. The van der Waals surface area contributed by atoms with E-state index in [1.807, 2.05) is 12.1 Å². The molecule has 0 radical (unpaired) electrons. The SMILES string of the molecule is CN(CCCN(C)C(=O)c1ccc(Nc2nc(NC3(c4ccc(Cl)cc4)CC3)nc(OCC(F)(F)F)n2)cc1)C(=O)C(=O)NC1CCCCC1. The van der Waals surface area contributed by atoms with Gasteiger partial charge in [-0.2, -0.15) is 28.1 Å². The minimum atomic E-state index is -4.59. The van der Waals surface area contributed by atoms with Gasteiger partial charge in [-0.25, -0.2) is 0 Å². The highest BCUT2D eigenvalue weighted by atomic mass is 35.5. The number of carbonyl (C=O) groups excluding carboxylic acids is 3. The molecule has 16 heteroatoms. The van der Waals surface area contributed by atoms with Gasteiger partial charge < -0.3 is 30.5 Å². The minimum Gasteiger partial charge on any atom is -0.454 e. The lowest BCUT2D eigenvalue weighted by Gasteiger charge is -2.24. The van der Waals surface area contributed by atoms with Gasteiger partial charge in [0.15, 0.2) is 6.61 Å². The van der Waals surface area contributed by atoms with Gasteiger partial charge in [-0.05, 0) is 74.1 Å².